The Morgan fingerprint density at radius 3 is 2.84 bits per heavy atom. The van der Waals surface area contributed by atoms with Crippen molar-refractivity contribution in [2.24, 2.45) is 0 Å². The van der Waals surface area contributed by atoms with E-state index in [2.05, 4.69) is 21.2 Å². The fourth-order valence-electron chi connectivity index (χ4n) is 2.01. The van der Waals surface area contributed by atoms with E-state index in [4.69, 9.17) is 0 Å². The Balaban J connectivity index is 2.18. The van der Waals surface area contributed by atoms with Crippen LogP contribution in [0.5, 0.6) is 0 Å². The number of nitrogens with zero attached hydrogens (tertiary/aromatic N) is 1. The molecule has 102 valence electrons. The van der Waals surface area contributed by atoms with Crippen molar-refractivity contribution in [3.8, 4) is 0 Å². The van der Waals surface area contributed by atoms with E-state index in [1.165, 1.54) is 11.0 Å². The largest absolute Gasteiger partial charge is 0.297 e. The number of hydrogen-bond donors (Lipinski definition) is 1. The number of imide groups is 1. The van der Waals surface area contributed by atoms with Crippen LogP contribution in [-0.4, -0.2) is 29.3 Å². The first-order valence-corrected chi connectivity index (χ1v) is 6.83. The molecular formula is C13H14BrFN2O2. The minimum atomic E-state index is -0.367. The molecule has 19 heavy (non-hydrogen) atoms. The van der Waals surface area contributed by atoms with Crippen molar-refractivity contribution in [1.82, 2.24) is 10.2 Å². The molecule has 1 fully saturated rings. The number of rotatable bonds is 3. The van der Waals surface area contributed by atoms with Gasteiger partial charge in [0, 0.05) is 0 Å². The number of nitrogens with one attached hydrogen (secondary N) is 1. The molecule has 2 amide bonds. The van der Waals surface area contributed by atoms with Crippen molar-refractivity contribution < 1.29 is 14.0 Å². The number of carbonyl (C=O) groups is 2. The van der Waals surface area contributed by atoms with E-state index in [1.54, 1.807) is 12.1 Å². The molecular weight excluding hydrogens is 315 g/mol. The normalized spacial score (nSPS) is 19.9. The summed E-state index contributed by atoms with van der Waals surface area (Å²) >= 11 is 3.09. The highest BCUT2D eigenvalue weighted by Gasteiger charge is 2.32. The number of amides is 2. The van der Waals surface area contributed by atoms with Crippen molar-refractivity contribution in [3.63, 3.8) is 0 Å². The van der Waals surface area contributed by atoms with E-state index in [9.17, 15) is 14.0 Å². The maximum Gasteiger partial charge on any atom is 0.246 e. The molecule has 1 aliphatic rings. The van der Waals surface area contributed by atoms with Crippen molar-refractivity contribution >= 4 is 27.7 Å². The average Bonchev–Trinajstić information content (AvgIpc) is 2.39. The summed E-state index contributed by atoms with van der Waals surface area (Å²) in [5.74, 6) is -0.845. The summed E-state index contributed by atoms with van der Waals surface area (Å²) in [6.45, 7) is 2.22. The van der Waals surface area contributed by atoms with Gasteiger partial charge in [-0.1, -0.05) is 13.0 Å². The summed E-state index contributed by atoms with van der Waals surface area (Å²) < 4.78 is 13.5. The second-order valence-corrected chi connectivity index (χ2v) is 5.26. The monoisotopic (exact) mass is 328 g/mol. The number of benzene rings is 1. The van der Waals surface area contributed by atoms with Crippen LogP contribution in [-0.2, 0) is 16.1 Å². The zero-order chi connectivity index (χ0) is 14.0. The molecule has 0 bridgehead atoms. The molecule has 1 heterocycles. The van der Waals surface area contributed by atoms with Crippen LogP contribution in [0.1, 0.15) is 18.9 Å². The van der Waals surface area contributed by atoms with Crippen LogP contribution < -0.4 is 5.32 Å². The molecule has 0 spiro atoms. The van der Waals surface area contributed by atoms with Crippen molar-refractivity contribution in [2.45, 2.75) is 25.9 Å². The molecule has 0 aromatic heterocycles. The highest BCUT2D eigenvalue weighted by atomic mass is 79.9. The highest BCUT2D eigenvalue weighted by molar-refractivity contribution is 9.10. The highest BCUT2D eigenvalue weighted by Crippen LogP contribution is 2.19. The lowest BCUT2D eigenvalue weighted by Gasteiger charge is -2.31. The van der Waals surface area contributed by atoms with E-state index in [0.29, 0.717) is 16.5 Å². The average molecular weight is 329 g/mol. The SMILES string of the molecule is CCC1NCC(=O)N(Cc2ccc(F)c(Br)c2)C1=O. The lowest BCUT2D eigenvalue weighted by atomic mass is 10.1. The van der Waals surface area contributed by atoms with Gasteiger partial charge in [0.25, 0.3) is 0 Å². The fourth-order valence-corrected chi connectivity index (χ4v) is 2.44. The van der Waals surface area contributed by atoms with Gasteiger partial charge in [-0.25, -0.2) is 4.39 Å². The van der Waals surface area contributed by atoms with E-state index >= 15 is 0 Å². The zero-order valence-electron chi connectivity index (χ0n) is 10.5. The first-order chi connectivity index (χ1) is 9.02. The van der Waals surface area contributed by atoms with E-state index in [-0.39, 0.29) is 36.8 Å². The van der Waals surface area contributed by atoms with Crippen LogP contribution in [0.3, 0.4) is 0 Å². The third kappa shape index (κ3) is 3.01. The third-order valence-electron chi connectivity index (χ3n) is 3.10. The summed E-state index contributed by atoms with van der Waals surface area (Å²) in [5, 5.41) is 2.89. The van der Waals surface area contributed by atoms with E-state index in [0.717, 1.165) is 0 Å². The smallest absolute Gasteiger partial charge is 0.246 e. The van der Waals surface area contributed by atoms with Crippen LogP contribution in [0.25, 0.3) is 0 Å². The van der Waals surface area contributed by atoms with Crippen LogP contribution in [0.4, 0.5) is 4.39 Å². The molecule has 1 atom stereocenters. The molecule has 1 aliphatic heterocycles. The van der Waals surface area contributed by atoms with Crippen molar-refractivity contribution in [2.75, 3.05) is 6.54 Å². The number of carbonyl (C=O) groups excluding carboxylic acids is 2. The second-order valence-electron chi connectivity index (χ2n) is 4.41. The van der Waals surface area contributed by atoms with Gasteiger partial charge in [-0.15, -0.1) is 0 Å². The number of hydrogen-bond acceptors (Lipinski definition) is 3. The summed E-state index contributed by atoms with van der Waals surface area (Å²) in [6.07, 6.45) is 0.635. The van der Waals surface area contributed by atoms with Crippen molar-refractivity contribution in [3.05, 3.63) is 34.1 Å². The molecule has 0 radical (unpaired) electrons. The quantitative estimate of drug-likeness (QED) is 0.861. The molecule has 0 aliphatic carbocycles. The van der Waals surface area contributed by atoms with Crippen molar-refractivity contribution in [1.29, 1.82) is 0 Å². The fraction of sp³-hybridized carbons (Fsp3) is 0.385. The molecule has 1 aromatic rings. The Morgan fingerprint density at radius 2 is 2.21 bits per heavy atom. The predicted octanol–water partition coefficient (Wildman–Crippen LogP) is 1.83. The van der Waals surface area contributed by atoms with Gasteiger partial charge in [0.05, 0.1) is 23.6 Å². The van der Waals surface area contributed by atoms with Crippen LogP contribution in [0.15, 0.2) is 22.7 Å². The van der Waals surface area contributed by atoms with Crippen LogP contribution in [0, 0.1) is 5.82 Å². The third-order valence-corrected chi connectivity index (χ3v) is 3.71. The standard InChI is InChI=1S/C13H14BrFN2O2/c1-2-11-13(19)17(12(18)6-16-11)7-8-3-4-10(15)9(14)5-8/h3-5,11,16H,2,6-7H2,1H3. The van der Waals surface area contributed by atoms with Gasteiger partial charge in [-0.3, -0.25) is 19.8 Å². The van der Waals surface area contributed by atoms with Gasteiger partial charge in [0.15, 0.2) is 0 Å². The summed E-state index contributed by atoms with van der Waals surface area (Å²) in [4.78, 5) is 25.1. The minimum Gasteiger partial charge on any atom is -0.297 e. The molecule has 4 nitrogen and oxygen atoms in total. The molecule has 2 rings (SSSR count). The molecule has 1 saturated heterocycles. The van der Waals surface area contributed by atoms with Gasteiger partial charge in [-0.2, -0.15) is 0 Å². The zero-order valence-corrected chi connectivity index (χ0v) is 12.0. The van der Waals surface area contributed by atoms with E-state index < -0.39 is 0 Å². The number of halogens is 2. The first kappa shape index (κ1) is 14.1. The lowest BCUT2D eigenvalue weighted by molar-refractivity contribution is -0.150. The Bertz CT molecular complexity index is 521. The topological polar surface area (TPSA) is 49.4 Å². The lowest BCUT2D eigenvalue weighted by Crippen LogP contribution is -2.57. The van der Waals surface area contributed by atoms with Gasteiger partial charge < -0.3 is 0 Å². The predicted molar refractivity (Wildman–Crippen MR) is 71.7 cm³/mol. The summed E-state index contributed by atoms with van der Waals surface area (Å²) in [6, 6.07) is 4.15. The second kappa shape index (κ2) is 5.79. The molecule has 0 saturated carbocycles. The minimum absolute atomic E-state index is 0.159. The van der Waals surface area contributed by atoms with Gasteiger partial charge in [0.1, 0.15) is 5.82 Å². The molecule has 1 aromatic carbocycles. The van der Waals surface area contributed by atoms with Gasteiger partial charge in [0.2, 0.25) is 11.8 Å². The maximum absolute atomic E-state index is 13.1. The summed E-state index contributed by atoms with van der Waals surface area (Å²) in [5.41, 5.74) is 0.715. The van der Waals surface area contributed by atoms with E-state index in [1.807, 2.05) is 6.92 Å². The van der Waals surface area contributed by atoms with Gasteiger partial charge in [-0.05, 0) is 40.0 Å². The Labute approximate surface area is 119 Å². The van der Waals surface area contributed by atoms with Crippen LogP contribution in [0.2, 0.25) is 0 Å². The Morgan fingerprint density at radius 1 is 1.47 bits per heavy atom. The molecule has 1 N–H and O–H groups in total. The molecule has 1 unspecified atom stereocenters. The van der Waals surface area contributed by atoms with Crippen LogP contribution >= 0.6 is 15.9 Å². The molecule has 6 heteroatoms. The number of piperazine rings is 1. The maximum atomic E-state index is 13.1. The summed E-state index contributed by atoms with van der Waals surface area (Å²) in [7, 11) is 0. The van der Waals surface area contributed by atoms with Gasteiger partial charge >= 0.3 is 0 Å². The Hall–Kier alpha value is -1.27. The Kier molecular flexibility index (Phi) is 4.31. The first-order valence-electron chi connectivity index (χ1n) is 6.04.